The highest BCUT2D eigenvalue weighted by Gasteiger charge is 2.34. The van der Waals surface area contributed by atoms with Gasteiger partial charge in [0.25, 0.3) is 0 Å². The van der Waals surface area contributed by atoms with Crippen LogP contribution in [-0.4, -0.2) is 14.6 Å². The van der Waals surface area contributed by atoms with Gasteiger partial charge in [0.15, 0.2) is 5.65 Å². The average Bonchev–Trinajstić information content (AvgIpc) is 2.83. The van der Waals surface area contributed by atoms with E-state index in [-0.39, 0.29) is 10.8 Å². The van der Waals surface area contributed by atoms with Crippen LogP contribution in [0.5, 0.6) is 0 Å². The third-order valence-corrected chi connectivity index (χ3v) is 3.99. The molecule has 20 heavy (non-hydrogen) atoms. The third kappa shape index (κ3) is 2.49. The van der Waals surface area contributed by atoms with Gasteiger partial charge in [-0.2, -0.15) is 18.3 Å². The SMILES string of the molecule is FC(F)(F)c1cc(Cl)n2nc(C3CCCCC3)cc2n1. The Morgan fingerprint density at radius 1 is 1.15 bits per heavy atom. The monoisotopic (exact) mass is 303 g/mol. The Kier molecular flexibility index (Phi) is 3.36. The molecule has 0 aliphatic heterocycles. The second-order valence-corrected chi connectivity index (χ2v) is 5.52. The van der Waals surface area contributed by atoms with Crippen LogP contribution in [0.2, 0.25) is 5.15 Å². The number of nitrogens with zero attached hydrogens (tertiary/aromatic N) is 3. The molecule has 0 amide bonds. The number of alkyl halides is 3. The summed E-state index contributed by atoms with van der Waals surface area (Å²) in [5.74, 6) is 0.302. The normalized spacial score (nSPS) is 17.8. The summed E-state index contributed by atoms with van der Waals surface area (Å²) in [6.07, 6.45) is 1.02. The highest BCUT2D eigenvalue weighted by Crippen LogP contribution is 2.34. The van der Waals surface area contributed by atoms with E-state index in [0.29, 0.717) is 5.92 Å². The van der Waals surface area contributed by atoms with E-state index in [4.69, 9.17) is 11.6 Å². The highest BCUT2D eigenvalue weighted by molar-refractivity contribution is 6.29. The molecule has 0 N–H and O–H groups in total. The maximum Gasteiger partial charge on any atom is 0.433 e. The van der Waals surface area contributed by atoms with E-state index < -0.39 is 11.9 Å². The zero-order chi connectivity index (χ0) is 14.3. The zero-order valence-electron chi connectivity index (χ0n) is 10.6. The van der Waals surface area contributed by atoms with Gasteiger partial charge < -0.3 is 0 Å². The number of hydrogen-bond donors (Lipinski definition) is 0. The van der Waals surface area contributed by atoms with Gasteiger partial charge in [-0.1, -0.05) is 30.9 Å². The van der Waals surface area contributed by atoms with Crippen LogP contribution in [0.3, 0.4) is 0 Å². The van der Waals surface area contributed by atoms with E-state index in [1.54, 1.807) is 6.07 Å². The van der Waals surface area contributed by atoms with Crippen LogP contribution < -0.4 is 0 Å². The molecule has 0 aromatic carbocycles. The Balaban J connectivity index is 2.04. The minimum Gasteiger partial charge on any atom is -0.224 e. The smallest absolute Gasteiger partial charge is 0.224 e. The highest BCUT2D eigenvalue weighted by atomic mass is 35.5. The molecule has 2 aromatic heterocycles. The lowest BCUT2D eigenvalue weighted by Crippen LogP contribution is -2.09. The molecular weight excluding hydrogens is 291 g/mol. The maximum absolute atomic E-state index is 12.7. The fraction of sp³-hybridized carbons (Fsp3) is 0.538. The summed E-state index contributed by atoms with van der Waals surface area (Å²) in [6.45, 7) is 0. The fourth-order valence-electron chi connectivity index (χ4n) is 2.70. The van der Waals surface area contributed by atoms with Crippen LogP contribution in [0.15, 0.2) is 12.1 Å². The van der Waals surface area contributed by atoms with Crippen molar-refractivity contribution in [2.24, 2.45) is 0 Å². The standard InChI is InChI=1S/C13H13ClF3N3/c14-11-7-10(13(15,16)17)18-12-6-9(19-20(11)12)8-4-2-1-3-5-8/h6-8H,1-5H2. The predicted octanol–water partition coefficient (Wildman–Crippen LogP) is 4.45. The Morgan fingerprint density at radius 2 is 1.85 bits per heavy atom. The number of rotatable bonds is 1. The molecule has 3 nitrogen and oxygen atoms in total. The number of halogens is 4. The van der Waals surface area contributed by atoms with Gasteiger partial charge in [0.05, 0.1) is 5.69 Å². The summed E-state index contributed by atoms with van der Waals surface area (Å²) in [7, 11) is 0. The van der Waals surface area contributed by atoms with Gasteiger partial charge in [-0.3, -0.25) is 0 Å². The summed E-state index contributed by atoms with van der Waals surface area (Å²) < 4.78 is 39.4. The molecule has 1 saturated carbocycles. The van der Waals surface area contributed by atoms with Crippen molar-refractivity contribution in [2.75, 3.05) is 0 Å². The van der Waals surface area contributed by atoms with Crippen molar-refractivity contribution in [3.05, 3.63) is 28.7 Å². The van der Waals surface area contributed by atoms with Crippen molar-refractivity contribution < 1.29 is 13.2 Å². The molecule has 0 spiro atoms. The molecule has 0 saturated heterocycles. The van der Waals surface area contributed by atoms with Gasteiger partial charge >= 0.3 is 6.18 Å². The molecule has 7 heteroatoms. The average molecular weight is 304 g/mol. The second kappa shape index (κ2) is 4.91. The van der Waals surface area contributed by atoms with Crippen molar-refractivity contribution in [1.82, 2.24) is 14.6 Å². The molecule has 3 rings (SSSR count). The summed E-state index contributed by atoms with van der Waals surface area (Å²) >= 11 is 5.88. The molecular formula is C13H13ClF3N3. The van der Waals surface area contributed by atoms with Gasteiger partial charge in [-0.25, -0.2) is 9.50 Å². The Bertz CT molecular complexity index is 630. The fourth-order valence-corrected chi connectivity index (χ4v) is 2.93. The quantitative estimate of drug-likeness (QED) is 0.729. The van der Waals surface area contributed by atoms with E-state index in [0.717, 1.165) is 37.4 Å². The molecule has 1 fully saturated rings. The van der Waals surface area contributed by atoms with Crippen molar-refractivity contribution >= 4 is 17.2 Å². The van der Waals surface area contributed by atoms with Gasteiger partial charge in [0.1, 0.15) is 10.8 Å². The Hall–Kier alpha value is -1.30. The van der Waals surface area contributed by atoms with Crippen molar-refractivity contribution in [1.29, 1.82) is 0 Å². The zero-order valence-corrected chi connectivity index (χ0v) is 11.4. The van der Waals surface area contributed by atoms with Crippen molar-refractivity contribution in [2.45, 2.75) is 44.2 Å². The molecule has 0 atom stereocenters. The minimum atomic E-state index is -4.50. The van der Waals surface area contributed by atoms with Gasteiger partial charge in [0.2, 0.25) is 0 Å². The maximum atomic E-state index is 12.7. The predicted molar refractivity (Wildman–Crippen MR) is 68.8 cm³/mol. The second-order valence-electron chi connectivity index (χ2n) is 5.14. The molecule has 0 radical (unpaired) electrons. The van der Waals surface area contributed by atoms with Gasteiger partial charge in [-0.05, 0) is 12.8 Å². The molecule has 1 aliphatic rings. The van der Waals surface area contributed by atoms with Gasteiger partial charge in [0, 0.05) is 18.1 Å². The van der Waals surface area contributed by atoms with Crippen LogP contribution in [0, 0.1) is 0 Å². The molecule has 2 heterocycles. The van der Waals surface area contributed by atoms with E-state index in [2.05, 4.69) is 10.1 Å². The van der Waals surface area contributed by atoms with Crippen LogP contribution in [0.4, 0.5) is 13.2 Å². The topological polar surface area (TPSA) is 30.2 Å². The molecule has 1 aliphatic carbocycles. The van der Waals surface area contributed by atoms with Crippen LogP contribution in [0.1, 0.15) is 49.4 Å². The van der Waals surface area contributed by atoms with E-state index in [1.165, 1.54) is 10.9 Å². The molecule has 0 unspecified atom stereocenters. The summed E-state index contributed by atoms with van der Waals surface area (Å²) in [5.41, 5.74) is -0.0334. The Morgan fingerprint density at radius 3 is 2.50 bits per heavy atom. The van der Waals surface area contributed by atoms with Crippen LogP contribution >= 0.6 is 11.6 Å². The van der Waals surface area contributed by atoms with Crippen molar-refractivity contribution in [3.63, 3.8) is 0 Å². The third-order valence-electron chi connectivity index (χ3n) is 3.72. The first-order valence-corrected chi connectivity index (χ1v) is 6.96. The minimum absolute atomic E-state index is 0.0654. The molecule has 2 aromatic rings. The lowest BCUT2D eigenvalue weighted by molar-refractivity contribution is -0.141. The number of fused-ring (bicyclic) bond motifs is 1. The van der Waals surface area contributed by atoms with Gasteiger partial charge in [-0.15, -0.1) is 0 Å². The van der Waals surface area contributed by atoms with Crippen LogP contribution in [0.25, 0.3) is 5.65 Å². The van der Waals surface area contributed by atoms with E-state index in [9.17, 15) is 13.2 Å². The van der Waals surface area contributed by atoms with E-state index in [1.807, 2.05) is 0 Å². The summed E-state index contributed by atoms with van der Waals surface area (Å²) in [4.78, 5) is 3.61. The Labute approximate surface area is 118 Å². The summed E-state index contributed by atoms with van der Waals surface area (Å²) in [6, 6.07) is 2.43. The first-order chi connectivity index (χ1) is 9.45. The van der Waals surface area contributed by atoms with Crippen LogP contribution in [-0.2, 0) is 6.18 Å². The molecule has 0 bridgehead atoms. The number of aromatic nitrogens is 3. The largest absolute Gasteiger partial charge is 0.433 e. The lowest BCUT2D eigenvalue weighted by Gasteiger charge is -2.18. The molecule has 108 valence electrons. The summed E-state index contributed by atoms with van der Waals surface area (Å²) in [5, 5.41) is 4.25. The lowest BCUT2D eigenvalue weighted by atomic mass is 9.87. The first-order valence-electron chi connectivity index (χ1n) is 6.58. The van der Waals surface area contributed by atoms with Crippen molar-refractivity contribution in [3.8, 4) is 0 Å². The first kappa shape index (κ1) is 13.7. The number of hydrogen-bond acceptors (Lipinski definition) is 2. The van der Waals surface area contributed by atoms with E-state index >= 15 is 0 Å².